The van der Waals surface area contributed by atoms with Crippen LogP contribution in [-0.4, -0.2) is 12.0 Å². The molecule has 0 fully saturated rings. The summed E-state index contributed by atoms with van der Waals surface area (Å²) in [5.41, 5.74) is 7.71. The molecular weight excluding hydrogens is 295 g/mol. The minimum absolute atomic E-state index is 0.217. The van der Waals surface area contributed by atoms with E-state index < -0.39 is 0 Å². The SMILES string of the molecule is CN(Cc1ccccc1F)c1ccc(C(N)=S)c(Cl)c1. The Kier molecular flexibility index (Phi) is 4.57. The highest BCUT2D eigenvalue weighted by molar-refractivity contribution is 7.80. The van der Waals surface area contributed by atoms with Crippen LogP contribution in [0.3, 0.4) is 0 Å². The van der Waals surface area contributed by atoms with E-state index in [-0.39, 0.29) is 10.8 Å². The molecule has 104 valence electrons. The molecule has 0 amide bonds. The first kappa shape index (κ1) is 14.8. The second-order valence-corrected chi connectivity index (χ2v) is 5.32. The molecule has 2 N–H and O–H groups in total. The fourth-order valence-corrected chi connectivity index (χ4v) is 2.43. The molecular formula is C15H14ClFN2S. The van der Waals surface area contributed by atoms with Crippen LogP contribution in [0.25, 0.3) is 0 Å². The Hall–Kier alpha value is -1.65. The third-order valence-corrected chi connectivity index (χ3v) is 3.56. The molecule has 0 aliphatic heterocycles. The molecule has 2 aromatic rings. The van der Waals surface area contributed by atoms with Crippen LogP contribution in [0.5, 0.6) is 0 Å². The molecule has 0 unspecified atom stereocenters. The minimum Gasteiger partial charge on any atom is -0.389 e. The first-order valence-corrected chi connectivity index (χ1v) is 6.81. The fourth-order valence-electron chi connectivity index (χ4n) is 1.91. The van der Waals surface area contributed by atoms with Crippen LogP contribution in [0.1, 0.15) is 11.1 Å². The van der Waals surface area contributed by atoms with Gasteiger partial charge < -0.3 is 10.6 Å². The molecule has 0 bridgehead atoms. The maximum Gasteiger partial charge on any atom is 0.128 e. The van der Waals surface area contributed by atoms with Gasteiger partial charge in [-0.1, -0.05) is 42.0 Å². The fraction of sp³-hybridized carbons (Fsp3) is 0.133. The van der Waals surface area contributed by atoms with Crippen LogP contribution in [0, 0.1) is 5.82 Å². The number of hydrogen-bond acceptors (Lipinski definition) is 2. The topological polar surface area (TPSA) is 29.3 Å². The summed E-state index contributed by atoms with van der Waals surface area (Å²) in [7, 11) is 1.87. The van der Waals surface area contributed by atoms with Crippen LogP contribution in [0.4, 0.5) is 10.1 Å². The molecule has 0 atom stereocenters. The Morgan fingerprint density at radius 2 is 2.00 bits per heavy atom. The Morgan fingerprint density at radius 3 is 2.60 bits per heavy atom. The molecule has 2 rings (SSSR count). The van der Waals surface area contributed by atoms with Crippen molar-refractivity contribution >= 4 is 34.5 Å². The summed E-state index contributed by atoms with van der Waals surface area (Å²) < 4.78 is 13.6. The van der Waals surface area contributed by atoms with Crippen molar-refractivity contribution in [2.75, 3.05) is 11.9 Å². The lowest BCUT2D eigenvalue weighted by atomic mass is 10.1. The van der Waals surface area contributed by atoms with E-state index >= 15 is 0 Å². The van der Waals surface area contributed by atoms with Crippen LogP contribution >= 0.6 is 23.8 Å². The van der Waals surface area contributed by atoms with Crippen LogP contribution in [0.15, 0.2) is 42.5 Å². The van der Waals surface area contributed by atoms with Gasteiger partial charge in [-0.3, -0.25) is 0 Å². The second kappa shape index (κ2) is 6.20. The number of hydrogen-bond donors (Lipinski definition) is 1. The Bertz CT molecular complexity index is 646. The Morgan fingerprint density at radius 1 is 1.30 bits per heavy atom. The van der Waals surface area contributed by atoms with Crippen molar-refractivity contribution in [1.29, 1.82) is 0 Å². The predicted molar refractivity (Wildman–Crippen MR) is 85.8 cm³/mol. The molecule has 2 aromatic carbocycles. The van der Waals surface area contributed by atoms with Gasteiger partial charge in [-0.25, -0.2) is 4.39 Å². The lowest BCUT2D eigenvalue weighted by Gasteiger charge is -2.20. The maximum atomic E-state index is 13.6. The number of anilines is 1. The lowest BCUT2D eigenvalue weighted by Crippen LogP contribution is -2.18. The van der Waals surface area contributed by atoms with Gasteiger partial charge in [-0.05, 0) is 24.3 Å². The van der Waals surface area contributed by atoms with Gasteiger partial charge in [0.05, 0.1) is 5.02 Å². The third kappa shape index (κ3) is 3.26. The molecule has 20 heavy (non-hydrogen) atoms. The van der Waals surface area contributed by atoms with Crippen LogP contribution in [-0.2, 0) is 6.54 Å². The van der Waals surface area contributed by atoms with Gasteiger partial charge in [0.2, 0.25) is 0 Å². The molecule has 2 nitrogen and oxygen atoms in total. The average molecular weight is 309 g/mol. The maximum absolute atomic E-state index is 13.6. The lowest BCUT2D eigenvalue weighted by molar-refractivity contribution is 0.608. The van der Waals surface area contributed by atoms with Gasteiger partial charge in [-0.15, -0.1) is 0 Å². The number of thiocarbonyl (C=S) groups is 1. The molecule has 0 saturated heterocycles. The van der Waals surface area contributed by atoms with E-state index in [4.69, 9.17) is 29.6 Å². The molecule has 0 saturated carbocycles. The predicted octanol–water partition coefficient (Wildman–Crippen LogP) is 3.75. The van der Waals surface area contributed by atoms with Gasteiger partial charge in [0.25, 0.3) is 0 Å². The van der Waals surface area contributed by atoms with E-state index in [2.05, 4.69) is 0 Å². The largest absolute Gasteiger partial charge is 0.389 e. The summed E-state index contributed by atoms with van der Waals surface area (Å²) in [6, 6.07) is 12.1. The van der Waals surface area contributed by atoms with E-state index in [0.29, 0.717) is 22.7 Å². The van der Waals surface area contributed by atoms with Crippen molar-refractivity contribution in [3.63, 3.8) is 0 Å². The van der Waals surface area contributed by atoms with E-state index in [0.717, 1.165) is 5.69 Å². The van der Waals surface area contributed by atoms with Crippen molar-refractivity contribution in [2.24, 2.45) is 5.73 Å². The smallest absolute Gasteiger partial charge is 0.128 e. The van der Waals surface area contributed by atoms with Gasteiger partial charge in [0.15, 0.2) is 0 Å². The molecule has 0 heterocycles. The first-order valence-electron chi connectivity index (χ1n) is 6.03. The Balaban J connectivity index is 2.22. The summed E-state index contributed by atoms with van der Waals surface area (Å²) in [6.45, 7) is 0.454. The molecule has 0 aliphatic rings. The van der Waals surface area contributed by atoms with Gasteiger partial charge in [0, 0.05) is 30.4 Å². The third-order valence-electron chi connectivity index (χ3n) is 3.02. The summed E-state index contributed by atoms with van der Waals surface area (Å²) in [5.74, 6) is -0.217. The van der Waals surface area contributed by atoms with Crippen molar-refractivity contribution in [1.82, 2.24) is 0 Å². The average Bonchev–Trinajstić information content (AvgIpc) is 2.40. The first-order chi connectivity index (χ1) is 9.49. The van der Waals surface area contributed by atoms with Crippen molar-refractivity contribution in [2.45, 2.75) is 6.54 Å². The zero-order valence-corrected chi connectivity index (χ0v) is 12.5. The van der Waals surface area contributed by atoms with E-state index in [1.54, 1.807) is 24.3 Å². The minimum atomic E-state index is -0.217. The molecule has 0 spiro atoms. The van der Waals surface area contributed by atoms with Gasteiger partial charge in [-0.2, -0.15) is 0 Å². The van der Waals surface area contributed by atoms with Crippen molar-refractivity contribution in [3.05, 3.63) is 64.4 Å². The van der Waals surface area contributed by atoms with Gasteiger partial charge >= 0.3 is 0 Å². The van der Waals surface area contributed by atoms with Crippen LogP contribution < -0.4 is 10.6 Å². The number of rotatable bonds is 4. The van der Waals surface area contributed by atoms with E-state index in [1.165, 1.54) is 6.07 Å². The van der Waals surface area contributed by atoms with E-state index in [9.17, 15) is 4.39 Å². The highest BCUT2D eigenvalue weighted by Crippen LogP contribution is 2.24. The zero-order chi connectivity index (χ0) is 14.7. The second-order valence-electron chi connectivity index (χ2n) is 4.48. The monoisotopic (exact) mass is 308 g/mol. The Labute approximate surface area is 128 Å². The van der Waals surface area contributed by atoms with Crippen LogP contribution in [0.2, 0.25) is 5.02 Å². The zero-order valence-electron chi connectivity index (χ0n) is 10.9. The number of halogens is 2. The van der Waals surface area contributed by atoms with Crippen molar-refractivity contribution in [3.8, 4) is 0 Å². The molecule has 5 heteroatoms. The molecule has 0 radical (unpaired) electrons. The van der Waals surface area contributed by atoms with E-state index in [1.807, 2.05) is 24.1 Å². The highest BCUT2D eigenvalue weighted by Gasteiger charge is 2.09. The van der Waals surface area contributed by atoms with Gasteiger partial charge in [0.1, 0.15) is 10.8 Å². The normalized spacial score (nSPS) is 10.3. The number of nitrogens with zero attached hydrogens (tertiary/aromatic N) is 1. The number of nitrogens with two attached hydrogens (primary N) is 1. The summed E-state index contributed by atoms with van der Waals surface area (Å²) in [6.07, 6.45) is 0. The standard InChI is InChI=1S/C15H14ClFN2S/c1-19(9-10-4-2-3-5-14(10)17)11-6-7-12(15(18)20)13(16)8-11/h2-8H,9H2,1H3,(H2,18,20). The summed E-state index contributed by atoms with van der Waals surface area (Å²) in [4.78, 5) is 2.17. The molecule has 0 aromatic heterocycles. The van der Waals surface area contributed by atoms with Crippen molar-refractivity contribution < 1.29 is 4.39 Å². The highest BCUT2D eigenvalue weighted by atomic mass is 35.5. The summed E-state index contributed by atoms with van der Waals surface area (Å²) >= 11 is 11.0. The molecule has 0 aliphatic carbocycles. The number of benzene rings is 2. The summed E-state index contributed by atoms with van der Waals surface area (Å²) in [5, 5.41) is 0.496. The quantitative estimate of drug-likeness (QED) is 0.872.